The summed E-state index contributed by atoms with van der Waals surface area (Å²) in [6.45, 7) is 4.14. The van der Waals surface area contributed by atoms with Crippen LogP contribution in [-0.2, 0) is 0 Å². The van der Waals surface area contributed by atoms with Crippen molar-refractivity contribution < 1.29 is 0 Å². The Hall–Kier alpha value is -1.72. The van der Waals surface area contributed by atoms with E-state index < -0.39 is 0 Å². The Bertz CT molecular complexity index is 820. The van der Waals surface area contributed by atoms with E-state index in [1.165, 1.54) is 0 Å². The maximum absolute atomic E-state index is 6.09. The molecule has 0 aromatic carbocycles. The number of halogens is 1. The van der Waals surface area contributed by atoms with Crippen LogP contribution < -0.4 is 5.32 Å². The van der Waals surface area contributed by atoms with Crippen molar-refractivity contribution in [3.05, 3.63) is 29.3 Å². The summed E-state index contributed by atoms with van der Waals surface area (Å²) in [7, 11) is 0. The van der Waals surface area contributed by atoms with Crippen LogP contribution in [0.5, 0.6) is 0 Å². The lowest BCUT2D eigenvalue weighted by Crippen LogP contribution is -2.29. The molecule has 108 valence electrons. The second-order valence-corrected chi connectivity index (χ2v) is 5.89. The normalized spacial score (nSPS) is 16.9. The van der Waals surface area contributed by atoms with Gasteiger partial charge in [0.15, 0.2) is 0 Å². The maximum atomic E-state index is 6.09. The summed E-state index contributed by atoms with van der Waals surface area (Å²) in [5.74, 6) is 1.02. The fraction of sp³-hybridized carbons (Fsp3) is 0.400. The molecule has 6 heteroatoms. The first-order chi connectivity index (χ1) is 10.2. The van der Waals surface area contributed by atoms with Gasteiger partial charge in [-0.15, -0.1) is 0 Å². The third-order valence-corrected chi connectivity index (χ3v) is 4.39. The van der Waals surface area contributed by atoms with Crippen molar-refractivity contribution in [1.29, 1.82) is 0 Å². The van der Waals surface area contributed by atoms with Gasteiger partial charge in [-0.1, -0.05) is 11.6 Å². The average Bonchev–Trinajstić information content (AvgIpc) is 2.84. The van der Waals surface area contributed by atoms with Crippen LogP contribution in [0.15, 0.2) is 18.3 Å². The standard InChI is InChI=1S/C15H16ClN5/c1-9-19-12-8-18-11-2-3-13(16)20-14(11)15(12)21(9)10-4-6-17-7-5-10/h2-3,8,10,17H,4-7H2,1H3. The van der Waals surface area contributed by atoms with Gasteiger partial charge >= 0.3 is 0 Å². The Morgan fingerprint density at radius 2 is 2.00 bits per heavy atom. The van der Waals surface area contributed by atoms with Crippen molar-refractivity contribution in [3.8, 4) is 0 Å². The molecule has 0 bridgehead atoms. The van der Waals surface area contributed by atoms with Crippen LogP contribution >= 0.6 is 11.6 Å². The van der Waals surface area contributed by atoms with E-state index in [1.54, 1.807) is 6.07 Å². The highest BCUT2D eigenvalue weighted by Gasteiger charge is 2.21. The molecule has 3 aromatic heterocycles. The van der Waals surface area contributed by atoms with Gasteiger partial charge in [-0.2, -0.15) is 0 Å². The average molecular weight is 302 g/mol. The van der Waals surface area contributed by atoms with Gasteiger partial charge in [-0.25, -0.2) is 9.97 Å². The summed E-state index contributed by atoms with van der Waals surface area (Å²) in [6, 6.07) is 4.16. The number of rotatable bonds is 1. The van der Waals surface area contributed by atoms with Gasteiger partial charge in [0, 0.05) is 6.04 Å². The molecule has 1 N–H and O–H groups in total. The monoisotopic (exact) mass is 301 g/mol. The lowest BCUT2D eigenvalue weighted by Gasteiger charge is -2.25. The van der Waals surface area contributed by atoms with Crippen LogP contribution in [0.25, 0.3) is 22.1 Å². The molecule has 0 atom stereocenters. The van der Waals surface area contributed by atoms with E-state index >= 15 is 0 Å². The number of imidazole rings is 1. The fourth-order valence-electron chi connectivity index (χ4n) is 3.24. The molecule has 5 nitrogen and oxygen atoms in total. The van der Waals surface area contributed by atoms with Gasteiger partial charge in [-0.3, -0.25) is 4.98 Å². The molecule has 0 radical (unpaired) electrons. The van der Waals surface area contributed by atoms with Crippen LogP contribution in [0.2, 0.25) is 5.15 Å². The summed E-state index contributed by atoms with van der Waals surface area (Å²) >= 11 is 6.09. The zero-order valence-electron chi connectivity index (χ0n) is 11.8. The number of aromatic nitrogens is 4. The van der Waals surface area contributed by atoms with Crippen LogP contribution in [-0.4, -0.2) is 32.6 Å². The Balaban J connectivity index is 2.04. The fourth-order valence-corrected chi connectivity index (χ4v) is 3.39. The van der Waals surface area contributed by atoms with Crippen molar-refractivity contribution in [1.82, 2.24) is 24.8 Å². The molecular formula is C15H16ClN5. The summed E-state index contributed by atoms with van der Waals surface area (Å²) in [5.41, 5.74) is 3.67. The van der Waals surface area contributed by atoms with Crippen LogP contribution in [0.1, 0.15) is 24.7 Å². The van der Waals surface area contributed by atoms with Gasteiger partial charge in [-0.05, 0) is 45.0 Å². The van der Waals surface area contributed by atoms with E-state index in [0.29, 0.717) is 11.2 Å². The van der Waals surface area contributed by atoms with Crippen LogP contribution in [0, 0.1) is 6.92 Å². The minimum atomic E-state index is 0.461. The molecule has 21 heavy (non-hydrogen) atoms. The number of aryl methyl sites for hydroxylation is 1. The lowest BCUT2D eigenvalue weighted by molar-refractivity contribution is 0.370. The first-order valence-corrected chi connectivity index (χ1v) is 7.62. The molecule has 0 unspecified atom stereocenters. The number of nitrogens with one attached hydrogen (secondary N) is 1. The third kappa shape index (κ3) is 2.08. The molecule has 4 heterocycles. The van der Waals surface area contributed by atoms with Gasteiger partial charge in [0.2, 0.25) is 0 Å². The number of hydrogen-bond donors (Lipinski definition) is 1. The lowest BCUT2D eigenvalue weighted by atomic mass is 10.1. The molecule has 3 aromatic rings. The molecular weight excluding hydrogens is 286 g/mol. The van der Waals surface area contributed by atoms with E-state index in [4.69, 9.17) is 11.6 Å². The van der Waals surface area contributed by atoms with E-state index in [1.807, 2.05) is 12.3 Å². The van der Waals surface area contributed by atoms with Crippen molar-refractivity contribution >= 4 is 33.7 Å². The van der Waals surface area contributed by atoms with Crippen molar-refractivity contribution in [2.24, 2.45) is 0 Å². The molecule has 0 amide bonds. The second-order valence-electron chi connectivity index (χ2n) is 5.50. The first kappa shape index (κ1) is 13.0. The largest absolute Gasteiger partial charge is 0.323 e. The van der Waals surface area contributed by atoms with E-state index in [9.17, 15) is 0 Å². The Morgan fingerprint density at radius 1 is 1.19 bits per heavy atom. The molecule has 1 aliphatic heterocycles. The van der Waals surface area contributed by atoms with Gasteiger partial charge in [0.25, 0.3) is 0 Å². The molecule has 1 aliphatic rings. The van der Waals surface area contributed by atoms with E-state index in [0.717, 1.165) is 53.8 Å². The Labute approximate surface area is 127 Å². The second kappa shape index (κ2) is 4.93. The summed E-state index contributed by atoms with van der Waals surface area (Å²) in [5, 5.41) is 3.90. The number of fused-ring (bicyclic) bond motifs is 3. The predicted molar refractivity (Wildman–Crippen MR) is 83.7 cm³/mol. The van der Waals surface area contributed by atoms with Gasteiger partial charge in [0.05, 0.1) is 17.2 Å². The van der Waals surface area contributed by atoms with Crippen molar-refractivity contribution in [2.45, 2.75) is 25.8 Å². The molecule has 1 fully saturated rings. The molecule has 4 rings (SSSR count). The minimum Gasteiger partial charge on any atom is -0.323 e. The van der Waals surface area contributed by atoms with Crippen LogP contribution in [0.4, 0.5) is 0 Å². The Kier molecular flexibility index (Phi) is 3.05. The Morgan fingerprint density at radius 3 is 2.81 bits per heavy atom. The summed E-state index contributed by atoms with van der Waals surface area (Å²) in [6.07, 6.45) is 4.05. The van der Waals surface area contributed by atoms with E-state index in [2.05, 4.69) is 31.8 Å². The predicted octanol–water partition coefficient (Wildman–Crippen LogP) is 2.87. The topological polar surface area (TPSA) is 55.6 Å². The number of nitrogens with zero attached hydrogens (tertiary/aromatic N) is 4. The highest BCUT2D eigenvalue weighted by molar-refractivity contribution is 6.30. The molecule has 0 saturated carbocycles. The molecule has 0 spiro atoms. The van der Waals surface area contributed by atoms with Gasteiger partial charge in [0.1, 0.15) is 22.0 Å². The number of pyridine rings is 2. The van der Waals surface area contributed by atoms with Crippen LogP contribution in [0.3, 0.4) is 0 Å². The van der Waals surface area contributed by atoms with Crippen molar-refractivity contribution in [2.75, 3.05) is 13.1 Å². The maximum Gasteiger partial charge on any atom is 0.130 e. The highest BCUT2D eigenvalue weighted by Crippen LogP contribution is 2.30. The zero-order valence-corrected chi connectivity index (χ0v) is 12.6. The SMILES string of the molecule is Cc1nc2cnc3ccc(Cl)nc3c2n1C1CCNCC1. The quantitative estimate of drug-likeness (QED) is 0.702. The first-order valence-electron chi connectivity index (χ1n) is 7.24. The molecule has 0 aliphatic carbocycles. The molecule has 1 saturated heterocycles. The number of piperidine rings is 1. The van der Waals surface area contributed by atoms with Crippen molar-refractivity contribution in [3.63, 3.8) is 0 Å². The summed E-state index contributed by atoms with van der Waals surface area (Å²) < 4.78 is 2.32. The van der Waals surface area contributed by atoms with Gasteiger partial charge < -0.3 is 9.88 Å². The van der Waals surface area contributed by atoms with E-state index in [-0.39, 0.29) is 0 Å². The highest BCUT2D eigenvalue weighted by atomic mass is 35.5. The zero-order chi connectivity index (χ0) is 14.4. The minimum absolute atomic E-state index is 0.461. The number of hydrogen-bond acceptors (Lipinski definition) is 4. The third-order valence-electron chi connectivity index (χ3n) is 4.18. The summed E-state index contributed by atoms with van der Waals surface area (Å²) in [4.78, 5) is 13.6. The smallest absolute Gasteiger partial charge is 0.130 e.